The van der Waals surface area contributed by atoms with Gasteiger partial charge in [-0.15, -0.1) is 0 Å². The lowest BCUT2D eigenvalue weighted by Gasteiger charge is -2.17. The molecule has 18 heavy (non-hydrogen) atoms. The molecule has 2 aliphatic heterocycles. The van der Waals surface area contributed by atoms with E-state index in [9.17, 15) is 15.0 Å². The molecule has 0 aromatic heterocycles. The van der Waals surface area contributed by atoms with Gasteiger partial charge < -0.3 is 30.7 Å². The molecule has 2 fully saturated rings. The Labute approximate surface area is 105 Å². The third-order valence-electron chi connectivity index (χ3n) is 3.60. The lowest BCUT2D eigenvalue weighted by molar-refractivity contribution is -0.125. The van der Waals surface area contributed by atoms with Gasteiger partial charge in [0.05, 0.1) is 43.4 Å². The third-order valence-corrected chi connectivity index (χ3v) is 3.60. The third kappa shape index (κ3) is 2.81. The molecule has 2 rings (SSSR count). The number of carbonyl (C=O) groups is 1. The predicted molar refractivity (Wildman–Crippen MR) is 61.7 cm³/mol. The van der Waals surface area contributed by atoms with E-state index >= 15 is 0 Å². The van der Waals surface area contributed by atoms with Crippen molar-refractivity contribution in [2.45, 2.75) is 30.7 Å². The molecule has 1 amide bonds. The molecule has 2 saturated heterocycles. The van der Waals surface area contributed by atoms with E-state index in [1.165, 1.54) is 0 Å². The number of aliphatic hydroxyl groups excluding tert-OH is 3. The molecule has 5 N–H and O–H groups in total. The van der Waals surface area contributed by atoms with Gasteiger partial charge in [0, 0.05) is 13.2 Å². The zero-order valence-electron chi connectivity index (χ0n) is 10.1. The summed E-state index contributed by atoms with van der Waals surface area (Å²) < 4.78 is 5.12. The molecule has 0 bridgehead atoms. The zero-order valence-corrected chi connectivity index (χ0v) is 10.1. The van der Waals surface area contributed by atoms with Gasteiger partial charge in [-0.05, 0) is 6.42 Å². The summed E-state index contributed by atoms with van der Waals surface area (Å²) in [5.74, 6) is -0.217. The maximum atomic E-state index is 11.7. The van der Waals surface area contributed by atoms with E-state index in [1.54, 1.807) is 0 Å². The van der Waals surface area contributed by atoms with Crippen LogP contribution >= 0.6 is 0 Å². The average molecular weight is 260 g/mol. The first-order valence-electron chi connectivity index (χ1n) is 6.22. The fourth-order valence-corrected chi connectivity index (χ4v) is 2.38. The maximum absolute atomic E-state index is 11.7. The molecular weight excluding hydrogens is 240 g/mol. The normalized spacial score (nSPS) is 40.1. The number of ether oxygens (including phenoxy) is 1. The van der Waals surface area contributed by atoms with E-state index in [-0.39, 0.29) is 25.0 Å². The molecule has 0 aromatic rings. The summed E-state index contributed by atoms with van der Waals surface area (Å²) in [4.78, 5) is 11.7. The molecule has 0 saturated carbocycles. The second-order valence-electron chi connectivity index (χ2n) is 4.85. The molecule has 0 radical (unpaired) electrons. The van der Waals surface area contributed by atoms with Crippen molar-refractivity contribution in [2.24, 2.45) is 5.92 Å². The molecule has 2 aliphatic rings. The summed E-state index contributed by atoms with van der Waals surface area (Å²) in [5.41, 5.74) is 0. The highest BCUT2D eigenvalue weighted by molar-refractivity contribution is 5.79. The summed E-state index contributed by atoms with van der Waals surface area (Å²) in [6.07, 6.45) is -1.28. The van der Waals surface area contributed by atoms with Crippen LogP contribution in [-0.2, 0) is 9.53 Å². The molecule has 0 spiro atoms. The molecule has 1 unspecified atom stereocenters. The fraction of sp³-hybridized carbons (Fsp3) is 0.909. The van der Waals surface area contributed by atoms with Crippen LogP contribution in [0.2, 0.25) is 0 Å². The number of nitrogens with one attached hydrogen (secondary N) is 2. The quantitative estimate of drug-likeness (QED) is 0.373. The van der Waals surface area contributed by atoms with Crippen molar-refractivity contribution in [3.63, 3.8) is 0 Å². The minimum absolute atomic E-state index is 0.0940. The minimum atomic E-state index is -1.01. The first kappa shape index (κ1) is 13.7. The largest absolute Gasteiger partial charge is 0.395 e. The summed E-state index contributed by atoms with van der Waals surface area (Å²) in [7, 11) is 0. The molecule has 2 heterocycles. The lowest BCUT2D eigenvalue weighted by Crippen LogP contribution is -2.45. The van der Waals surface area contributed by atoms with Crippen LogP contribution < -0.4 is 10.6 Å². The van der Waals surface area contributed by atoms with Gasteiger partial charge in [-0.25, -0.2) is 0 Å². The van der Waals surface area contributed by atoms with Gasteiger partial charge in [0.25, 0.3) is 0 Å². The Bertz CT molecular complexity index is 295. The van der Waals surface area contributed by atoms with E-state index in [0.717, 1.165) is 0 Å². The molecule has 7 heteroatoms. The van der Waals surface area contributed by atoms with E-state index in [2.05, 4.69) is 10.6 Å². The SMILES string of the molecule is O=C(NC[C@@H]1N[C@H](CO)[C@H](O)[C@@H]1O)C1CCOC1. The molecule has 5 atom stereocenters. The first-order valence-corrected chi connectivity index (χ1v) is 6.22. The van der Waals surface area contributed by atoms with Crippen LogP contribution in [0.25, 0.3) is 0 Å². The summed E-state index contributed by atoms with van der Waals surface area (Å²) in [6.45, 7) is 1.02. The van der Waals surface area contributed by atoms with Crippen molar-refractivity contribution in [3.8, 4) is 0 Å². The monoisotopic (exact) mass is 260 g/mol. The van der Waals surface area contributed by atoms with E-state index in [4.69, 9.17) is 9.84 Å². The molecular formula is C11H20N2O5. The van der Waals surface area contributed by atoms with Gasteiger partial charge in [-0.1, -0.05) is 0 Å². The zero-order chi connectivity index (χ0) is 13.1. The van der Waals surface area contributed by atoms with E-state index in [1.807, 2.05) is 0 Å². The van der Waals surface area contributed by atoms with Crippen molar-refractivity contribution in [1.29, 1.82) is 0 Å². The Morgan fingerprint density at radius 1 is 1.33 bits per heavy atom. The second kappa shape index (κ2) is 5.94. The Morgan fingerprint density at radius 3 is 2.61 bits per heavy atom. The van der Waals surface area contributed by atoms with Gasteiger partial charge in [0.15, 0.2) is 0 Å². The van der Waals surface area contributed by atoms with Gasteiger partial charge in [-0.2, -0.15) is 0 Å². The second-order valence-corrected chi connectivity index (χ2v) is 4.85. The standard InChI is InChI=1S/C11H20N2O5/c14-4-8-10(16)9(15)7(13-8)3-12-11(17)6-1-2-18-5-6/h6-10,13-16H,1-5H2,(H,12,17)/t6?,7-,8+,9+,10-/m0/s1. The number of amides is 1. The number of hydrogen-bond acceptors (Lipinski definition) is 6. The number of hydrogen-bond donors (Lipinski definition) is 5. The highest BCUT2D eigenvalue weighted by atomic mass is 16.5. The number of rotatable bonds is 4. The highest BCUT2D eigenvalue weighted by Gasteiger charge is 2.40. The Morgan fingerprint density at radius 2 is 2.06 bits per heavy atom. The number of aliphatic hydroxyl groups is 3. The summed E-state index contributed by atoms with van der Waals surface area (Å²) in [6, 6.07) is -0.986. The van der Waals surface area contributed by atoms with Crippen LogP contribution in [0.3, 0.4) is 0 Å². The van der Waals surface area contributed by atoms with Crippen LogP contribution in [0, 0.1) is 5.92 Å². The summed E-state index contributed by atoms with van der Waals surface area (Å²) >= 11 is 0. The van der Waals surface area contributed by atoms with Gasteiger partial charge >= 0.3 is 0 Å². The average Bonchev–Trinajstić information content (AvgIpc) is 2.98. The van der Waals surface area contributed by atoms with Gasteiger partial charge in [-0.3, -0.25) is 4.79 Å². The van der Waals surface area contributed by atoms with Crippen molar-refractivity contribution in [3.05, 3.63) is 0 Å². The van der Waals surface area contributed by atoms with Gasteiger partial charge in [0.2, 0.25) is 5.91 Å². The lowest BCUT2D eigenvalue weighted by atomic mass is 10.1. The van der Waals surface area contributed by atoms with Crippen molar-refractivity contribution in [1.82, 2.24) is 10.6 Å². The van der Waals surface area contributed by atoms with Crippen molar-refractivity contribution < 1.29 is 24.9 Å². The van der Waals surface area contributed by atoms with Crippen molar-refractivity contribution >= 4 is 5.91 Å². The van der Waals surface area contributed by atoms with Crippen LogP contribution in [-0.4, -0.2) is 71.9 Å². The van der Waals surface area contributed by atoms with E-state index < -0.39 is 24.3 Å². The molecule has 0 aliphatic carbocycles. The first-order chi connectivity index (χ1) is 8.63. The van der Waals surface area contributed by atoms with Crippen LogP contribution in [0.4, 0.5) is 0 Å². The minimum Gasteiger partial charge on any atom is -0.395 e. The Balaban J connectivity index is 1.78. The number of carbonyl (C=O) groups excluding carboxylic acids is 1. The molecule has 7 nitrogen and oxygen atoms in total. The molecule has 0 aromatic carbocycles. The van der Waals surface area contributed by atoms with Crippen LogP contribution in [0.1, 0.15) is 6.42 Å². The highest BCUT2D eigenvalue weighted by Crippen LogP contribution is 2.15. The predicted octanol–water partition coefficient (Wildman–Crippen LogP) is -2.81. The smallest absolute Gasteiger partial charge is 0.225 e. The topological polar surface area (TPSA) is 111 Å². The van der Waals surface area contributed by atoms with E-state index in [0.29, 0.717) is 19.6 Å². The van der Waals surface area contributed by atoms with Crippen molar-refractivity contribution in [2.75, 3.05) is 26.4 Å². The van der Waals surface area contributed by atoms with Gasteiger partial charge in [0.1, 0.15) is 0 Å². The van der Waals surface area contributed by atoms with Crippen LogP contribution in [0.5, 0.6) is 0 Å². The fourth-order valence-electron chi connectivity index (χ4n) is 2.38. The Kier molecular flexibility index (Phi) is 4.52. The maximum Gasteiger partial charge on any atom is 0.225 e. The molecule has 104 valence electrons. The summed E-state index contributed by atoms with van der Waals surface area (Å²) in [5, 5.41) is 33.9. The van der Waals surface area contributed by atoms with Crippen LogP contribution in [0.15, 0.2) is 0 Å². The Hall–Kier alpha value is -0.730.